The van der Waals surface area contributed by atoms with Gasteiger partial charge in [-0.05, 0) is 102 Å². The first-order valence-electron chi connectivity index (χ1n) is 17.5. The average molecular weight is 741 g/mol. The molecule has 1 aliphatic heterocycles. The van der Waals surface area contributed by atoms with Crippen molar-refractivity contribution < 1.29 is 24.9 Å². The van der Waals surface area contributed by atoms with Crippen LogP contribution >= 0.6 is 22.7 Å². The van der Waals surface area contributed by atoms with E-state index in [1.807, 2.05) is 45.8 Å². The molecule has 1 aliphatic carbocycles. The normalized spacial score (nSPS) is 19.8. The lowest BCUT2D eigenvalue weighted by Gasteiger charge is -2.45. The molecule has 14 heteroatoms. The number of benzene rings is 2. The van der Waals surface area contributed by atoms with E-state index in [0.717, 1.165) is 68.5 Å². The van der Waals surface area contributed by atoms with E-state index in [-0.39, 0.29) is 29.4 Å². The highest BCUT2D eigenvalue weighted by Gasteiger charge is 2.52. The Morgan fingerprint density at radius 1 is 1.08 bits per heavy atom. The molecular formula is C38H40N6O6S2. The van der Waals surface area contributed by atoms with E-state index in [1.165, 1.54) is 34.8 Å². The van der Waals surface area contributed by atoms with Gasteiger partial charge in [0.25, 0.3) is 0 Å². The van der Waals surface area contributed by atoms with Crippen molar-refractivity contribution in [2.75, 3.05) is 26.2 Å². The van der Waals surface area contributed by atoms with Crippen LogP contribution in [0.2, 0.25) is 0 Å². The SMILES string of the molecule is O=C(OC1CC2(CCN(CCCn3nnc4cc(CNC[C@H](O)c5ccc(O)c6[nH]c(=O)ccc56)ccc43)C2)C1)C(O)(c1cccs1)c1cccs1. The molecule has 6 aromatic rings. The van der Waals surface area contributed by atoms with Crippen LogP contribution in [0.1, 0.15) is 52.7 Å². The van der Waals surface area contributed by atoms with Crippen LogP contribution in [0, 0.1) is 5.41 Å². The number of aromatic hydroxyl groups is 1. The zero-order valence-electron chi connectivity index (χ0n) is 28.4. The molecule has 0 unspecified atom stereocenters. The quantitative estimate of drug-likeness (QED) is 0.105. The molecule has 5 heterocycles. The maximum absolute atomic E-state index is 13.4. The number of phenols is 1. The standard InChI is InChI=1S/C38H40N6O6S2/c45-30-10-7-26(27-8-11-34(47)40-35(27)30)31(46)22-39-21-24-6-9-29-28(18-24)41-42-44(29)14-3-13-43-15-12-37(23-43)19-25(20-37)50-36(48)38(49,32-4-1-16-51-32)33-5-2-17-52-33/h1-2,4-11,16-18,25,31,39,45-46,49H,3,12-15,19-23H2,(H,40,47)/t25?,31-,37?/m0/s1. The summed E-state index contributed by atoms with van der Waals surface area (Å²) in [6, 6.07) is 19.4. The lowest BCUT2D eigenvalue weighted by atomic mass is 9.66. The number of H-pyrrole nitrogens is 1. The van der Waals surface area contributed by atoms with Gasteiger partial charge in [-0.15, -0.1) is 27.8 Å². The summed E-state index contributed by atoms with van der Waals surface area (Å²) in [5.41, 5.74) is 1.80. The Labute approximate surface area is 307 Å². The maximum atomic E-state index is 13.4. The number of aryl methyl sites for hydroxylation is 1. The molecule has 52 heavy (non-hydrogen) atoms. The molecule has 12 nitrogen and oxygen atoms in total. The number of nitrogens with one attached hydrogen (secondary N) is 2. The summed E-state index contributed by atoms with van der Waals surface area (Å²) in [5.74, 6) is -0.628. The van der Waals surface area contributed by atoms with Crippen molar-refractivity contribution in [2.45, 2.75) is 56.6 Å². The predicted octanol–water partition coefficient (Wildman–Crippen LogP) is 4.65. The van der Waals surface area contributed by atoms with Crippen LogP contribution in [0.5, 0.6) is 5.75 Å². The lowest BCUT2D eigenvalue weighted by molar-refractivity contribution is -0.178. The zero-order valence-corrected chi connectivity index (χ0v) is 30.0. The third kappa shape index (κ3) is 6.66. The number of rotatable bonds is 13. The fraction of sp³-hybridized carbons (Fsp3) is 0.368. The van der Waals surface area contributed by atoms with Gasteiger partial charge < -0.3 is 35.3 Å². The number of phenolic OH excluding ortho intramolecular Hbond substituents is 1. The summed E-state index contributed by atoms with van der Waals surface area (Å²) in [6.07, 6.45) is 2.63. The fourth-order valence-corrected chi connectivity index (χ4v) is 9.53. The monoisotopic (exact) mass is 740 g/mol. The largest absolute Gasteiger partial charge is 0.506 e. The van der Waals surface area contributed by atoms with Crippen LogP contribution in [0.3, 0.4) is 0 Å². The van der Waals surface area contributed by atoms with E-state index in [1.54, 1.807) is 24.3 Å². The molecule has 0 radical (unpaired) electrons. The van der Waals surface area contributed by atoms with Crippen LogP contribution < -0.4 is 10.9 Å². The average Bonchev–Trinajstić information content (AvgIpc) is 3.96. The van der Waals surface area contributed by atoms with E-state index in [4.69, 9.17) is 4.74 Å². The highest BCUT2D eigenvalue weighted by molar-refractivity contribution is 7.12. The van der Waals surface area contributed by atoms with Gasteiger partial charge in [-0.1, -0.05) is 29.5 Å². The Hall–Kier alpha value is -4.44. The number of hydrogen-bond donors (Lipinski definition) is 5. The second kappa shape index (κ2) is 14.2. The number of likely N-dealkylation sites (tertiary alicyclic amines) is 1. The lowest BCUT2D eigenvalue weighted by Crippen LogP contribution is -2.48. The minimum absolute atomic E-state index is 0.0397. The van der Waals surface area contributed by atoms with E-state index in [9.17, 15) is 24.9 Å². The maximum Gasteiger partial charge on any atom is 0.349 e. The number of carbonyl (C=O) groups excluding carboxylic acids is 1. The summed E-state index contributed by atoms with van der Waals surface area (Å²) < 4.78 is 7.87. The van der Waals surface area contributed by atoms with Crippen molar-refractivity contribution in [3.8, 4) is 5.75 Å². The molecule has 270 valence electrons. The molecule has 5 N–H and O–H groups in total. The van der Waals surface area contributed by atoms with Crippen LogP contribution in [-0.2, 0) is 28.2 Å². The number of aliphatic hydroxyl groups is 2. The first kappa shape index (κ1) is 34.6. The van der Waals surface area contributed by atoms with Crippen LogP contribution in [-0.4, -0.2) is 78.4 Å². The number of hydrogen-bond acceptors (Lipinski definition) is 12. The van der Waals surface area contributed by atoms with Gasteiger partial charge in [0.05, 0.1) is 26.9 Å². The van der Waals surface area contributed by atoms with Crippen molar-refractivity contribution in [3.05, 3.63) is 109 Å². The summed E-state index contributed by atoms with van der Waals surface area (Å²) in [4.78, 5) is 31.4. The summed E-state index contributed by atoms with van der Waals surface area (Å²) >= 11 is 2.71. The first-order valence-corrected chi connectivity index (χ1v) is 19.3. The zero-order chi connectivity index (χ0) is 35.9. The van der Waals surface area contributed by atoms with Gasteiger partial charge in [0, 0.05) is 37.6 Å². The van der Waals surface area contributed by atoms with Gasteiger partial charge in [-0.25, -0.2) is 9.48 Å². The number of pyridine rings is 1. The predicted molar refractivity (Wildman–Crippen MR) is 199 cm³/mol. The molecule has 1 atom stereocenters. The first-order chi connectivity index (χ1) is 25.2. The van der Waals surface area contributed by atoms with Crippen molar-refractivity contribution in [3.63, 3.8) is 0 Å². The Kier molecular flexibility index (Phi) is 9.44. The Morgan fingerprint density at radius 2 is 1.87 bits per heavy atom. The number of fused-ring (bicyclic) bond motifs is 2. The van der Waals surface area contributed by atoms with Crippen molar-refractivity contribution in [1.82, 2.24) is 30.2 Å². The Bertz CT molecular complexity index is 2210. The van der Waals surface area contributed by atoms with Gasteiger partial charge in [-0.3, -0.25) is 4.79 Å². The van der Waals surface area contributed by atoms with E-state index >= 15 is 0 Å². The number of aromatic nitrogens is 4. The minimum Gasteiger partial charge on any atom is -0.506 e. The topological polar surface area (TPSA) is 166 Å². The molecule has 4 aromatic heterocycles. The second-order valence-corrected chi connectivity index (χ2v) is 15.9. The minimum atomic E-state index is -1.77. The van der Waals surface area contributed by atoms with Crippen molar-refractivity contribution in [2.24, 2.45) is 5.41 Å². The van der Waals surface area contributed by atoms with Crippen molar-refractivity contribution >= 4 is 50.6 Å². The molecule has 0 amide bonds. The highest BCUT2D eigenvalue weighted by Crippen LogP contribution is 2.50. The third-order valence-electron chi connectivity index (χ3n) is 10.5. The number of aromatic amines is 1. The molecule has 2 aromatic carbocycles. The molecule has 1 saturated heterocycles. The molecule has 1 spiro atoms. The number of nitrogens with zero attached hydrogens (tertiary/aromatic N) is 4. The molecule has 2 fully saturated rings. The summed E-state index contributed by atoms with van der Waals surface area (Å²) in [5, 5.41) is 49.0. The van der Waals surface area contributed by atoms with Crippen LogP contribution in [0.25, 0.3) is 21.9 Å². The molecule has 0 bridgehead atoms. The fourth-order valence-electron chi connectivity index (χ4n) is 7.82. The number of esters is 1. The van der Waals surface area contributed by atoms with E-state index < -0.39 is 17.7 Å². The molecular weight excluding hydrogens is 701 g/mol. The van der Waals surface area contributed by atoms with Crippen LogP contribution in [0.4, 0.5) is 0 Å². The molecule has 8 rings (SSSR count). The van der Waals surface area contributed by atoms with Crippen LogP contribution in [0.15, 0.2) is 82.3 Å². The van der Waals surface area contributed by atoms with Crippen molar-refractivity contribution in [1.29, 1.82) is 0 Å². The van der Waals surface area contributed by atoms with E-state index in [2.05, 4.69) is 25.5 Å². The summed E-state index contributed by atoms with van der Waals surface area (Å²) in [6.45, 7) is 4.49. The Balaban J connectivity index is 0.794. The smallest absolute Gasteiger partial charge is 0.349 e. The second-order valence-electron chi connectivity index (χ2n) is 14.0. The van der Waals surface area contributed by atoms with Gasteiger partial charge in [0.1, 0.15) is 17.4 Å². The van der Waals surface area contributed by atoms with Gasteiger partial charge in [0.2, 0.25) is 11.2 Å². The number of thiophene rings is 2. The highest BCUT2D eigenvalue weighted by atomic mass is 32.1. The van der Waals surface area contributed by atoms with Gasteiger partial charge in [-0.2, -0.15) is 0 Å². The Morgan fingerprint density at radius 3 is 2.62 bits per heavy atom. The van der Waals surface area contributed by atoms with Gasteiger partial charge in [0.15, 0.2) is 0 Å². The van der Waals surface area contributed by atoms with Gasteiger partial charge >= 0.3 is 5.97 Å². The number of carbonyl (C=O) groups is 1. The number of ether oxygens (including phenoxy) is 1. The molecule has 1 saturated carbocycles. The number of aliphatic hydroxyl groups excluding tert-OH is 1. The molecule has 2 aliphatic rings. The summed E-state index contributed by atoms with van der Waals surface area (Å²) in [7, 11) is 0. The van der Waals surface area contributed by atoms with E-state index in [0.29, 0.717) is 32.8 Å². The third-order valence-corrected chi connectivity index (χ3v) is 12.5.